The molecule has 1 N–H and O–H groups in total. The topological polar surface area (TPSA) is 28.2 Å². The summed E-state index contributed by atoms with van der Waals surface area (Å²) in [5.74, 6) is 1.12. The molecular weight excluding hydrogens is 286 g/mol. The summed E-state index contributed by atoms with van der Waals surface area (Å²) in [6.45, 7) is 4.16. The lowest BCUT2D eigenvalue weighted by Crippen LogP contribution is -2.43. The monoisotopic (exact) mass is 297 g/mol. The molecule has 3 heterocycles. The van der Waals surface area contributed by atoms with Gasteiger partial charge in [0.1, 0.15) is 5.82 Å². The van der Waals surface area contributed by atoms with Crippen LogP contribution in [-0.2, 0) is 0 Å². The van der Waals surface area contributed by atoms with Gasteiger partial charge in [-0.1, -0.05) is 0 Å². The summed E-state index contributed by atoms with van der Waals surface area (Å²) in [5, 5.41) is 6.76. The molecule has 1 saturated heterocycles. The number of nitrogens with one attached hydrogen (secondary N) is 1. The number of nitrogens with zero attached hydrogens (tertiary/aromatic N) is 2. The molecule has 1 fully saturated rings. The van der Waals surface area contributed by atoms with E-state index in [1.807, 2.05) is 6.20 Å². The molecule has 3 nitrogen and oxygen atoms in total. The summed E-state index contributed by atoms with van der Waals surface area (Å²) in [5.41, 5.74) is 0. The Labute approximate surface area is 107 Å². The third kappa shape index (κ3) is 1.73. The van der Waals surface area contributed by atoms with Gasteiger partial charge in [-0.15, -0.1) is 11.3 Å². The number of pyridine rings is 1. The van der Waals surface area contributed by atoms with Crippen LogP contribution in [0.15, 0.2) is 22.1 Å². The van der Waals surface area contributed by atoms with Gasteiger partial charge in [-0.05, 0) is 22.0 Å². The van der Waals surface area contributed by atoms with Gasteiger partial charge < -0.3 is 10.2 Å². The van der Waals surface area contributed by atoms with Crippen molar-refractivity contribution in [2.75, 3.05) is 31.1 Å². The highest BCUT2D eigenvalue weighted by Crippen LogP contribution is 2.35. The maximum Gasteiger partial charge on any atom is 0.138 e. The zero-order valence-corrected chi connectivity index (χ0v) is 11.1. The largest absolute Gasteiger partial charge is 0.354 e. The highest BCUT2D eigenvalue weighted by atomic mass is 79.9. The number of halogens is 1. The molecule has 2 aromatic rings. The van der Waals surface area contributed by atoms with E-state index >= 15 is 0 Å². The van der Waals surface area contributed by atoms with Crippen molar-refractivity contribution in [1.82, 2.24) is 10.3 Å². The van der Waals surface area contributed by atoms with Gasteiger partial charge in [-0.3, -0.25) is 0 Å². The van der Waals surface area contributed by atoms with Gasteiger partial charge in [-0.2, -0.15) is 0 Å². The summed E-state index contributed by atoms with van der Waals surface area (Å²) >= 11 is 5.38. The zero-order chi connectivity index (χ0) is 11.0. The van der Waals surface area contributed by atoms with Crippen molar-refractivity contribution in [2.45, 2.75) is 0 Å². The van der Waals surface area contributed by atoms with Crippen LogP contribution >= 0.6 is 27.3 Å². The molecule has 5 heteroatoms. The average Bonchev–Trinajstić information content (AvgIpc) is 2.73. The van der Waals surface area contributed by atoms with Crippen molar-refractivity contribution in [1.29, 1.82) is 0 Å². The van der Waals surface area contributed by atoms with Crippen LogP contribution in [0.3, 0.4) is 0 Å². The summed E-state index contributed by atoms with van der Waals surface area (Å²) in [7, 11) is 0. The molecule has 16 heavy (non-hydrogen) atoms. The zero-order valence-electron chi connectivity index (χ0n) is 8.74. The fourth-order valence-corrected chi connectivity index (χ4v) is 3.66. The fraction of sp³-hybridized carbons (Fsp3) is 0.364. The van der Waals surface area contributed by atoms with Crippen LogP contribution < -0.4 is 10.2 Å². The summed E-state index contributed by atoms with van der Waals surface area (Å²) in [6, 6.07) is 2.08. The van der Waals surface area contributed by atoms with E-state index in [9.17, 15) is 0 Å². The Balaban J connectivity index is 2.10. The molecule has 0 bridgehead atoms. The van der Waals surface area contributed by atoms with Gasteiger partial charge in [0.25, 0.3) is 0 Å². The second-order valence-electron chi connectivity index (χ2n) is 3.83. The number of hydrogen-bond donors (Lipinski definition) is 1. The Morgan fingerprint density at radius 2 is 2.19 bits per heavy atom. The first-order chi connectivity index (χ1) is 7.86. The molecule has 1 aliphatic rings. The summed E-state index contributed by atoms with van der Waals surface area (Å²) in [4.78, 5) is 6.90. The smallest absolute Gasteiger partial charge is 0.138 e. The molecule has 2 aromatic heterocycles. The molecular formula is C11H12BrN3S. The van der Waals surface area contributed by atoms with Crippen LogP contribution in [0.2, 0.25) is 0 Å². The third-order valence-electron chi connectivity index (χ3n) is 2.84. The number of rotatable bonds is 1. The average molecular weight is 298 g/mol. The van der Waals surface area contributed by atoms with E-state index in [1.54, 1.807) is 11.3 Å². The number of piperazine rings is 1. The van der Waals surface area contributed by atoms with Gasteiger partial charge in [0.15, 0.2) is 0 Å². The molecule has 0 aliphatic carbocycles. The number of fused-ring (bicyclic) bond motifs is 1. The van der Waals surface area contributed by atoms with E-state index in [4.69, 9.17) is 0 Å². The molecule has 0 atom stereocenters. The number of thiophene rings is 1. The van der Waals surface area contributed by atoms with Crippen LogP contribution in [0, 0.1) is 0 Å². The predicted octanol–water partition coefficient (Wildman–Crippen LogP) is 2.47. The minimum Gasteiger partial charge on any atom is -0.354 e. The van der Waals surface area contributed by atoms with Crippen LogP contribution in [0.1, 0.15) is 0 Å². The Morgan fingerprint density at radius 3 is 3.00 bits per heavy atom. The first kappa shape index (κ1) is 10.5. The maximum atomic E-state index is 4.54. The van der Waals surface area contributed by atoms with Crippen molar-refractivity contribution >= 4 is 43.2 Å². The molecule has 0 spiro atoms. The van der Waals surface area contributed by atoms with E-state index < -0.39 is 0 Å². The van der Waals surface area contributed by atoms with Gasteiger partial charge >= 0.3 is 0 Å². The van der Waals surface area contributed by atoms with E-state index in [1.165, 1.54) is 10.1 Å². The standard InChI is InChI=1S/C11H12BrN3S/c12-8-7-16-9-1-2-14-11(10(8)9)15-5-3-13-4-6-15/h1-2,7,13H,3-6H2. The Kier molecular flexibility index (Phi) is 2.83. The lowest BCUT2D eigenvalue weighted by Gasteiger charge is -2.28. The van der Waals surface area contributed by atoms with Crippen molar-refractivity contribution in [3.05, 3.63) is 22.1 Å². The molecule has 0 unspecified atom stereocenters. The van der Waals surface area contributed by atoms with Crippen LogP contribution in [0.5, 0.6) is 0 Å². The number of anilines is 1. The van der Waals surface area contributed by atoms with Crippen molar-refractivity contribution in [3.8, 4) is 0 Å². The van der Waals surface area contributed by atoms with Gasteiger partial charge in [0, 0.05) is 52.3 Å². The van der Waals surface area contributed by atoms with Crippen molar-refractivity contribution < 1.29 is 0 Å². The van der Waals surface area contributed by atoms with Gasteiger partial charge in [0.05, 0.1) is 0 Å². The minimum atomic E-state index is 1.04. The molecule has 0 amide bonds. The number of hydrogen-bond acceptors (Lipinski definition) is 4. The predicted molar refractivity (Wildman–Crippen MR) is 72.4 cm³/mol. The first-order valence-electron chi connectivity index (χ1n) is 5.33. The van der Waals surface area contributed by atoms with E-state index in [-0.39, 0.29) is 0 Å². The fourth-order valence-electron chi connectivity index (χ4n) is 2.05. The SMILES string of the molecule is Brc1csc2ccnc(N3CCNCC3)c12. The molecule has 84 valence electrons. The molecule has 0 aromatic carbocycles. The molecule has 1 aliphatic heterocycles. The van der Waals surface area contributed by atoms with Crippen molar-refractivity contribution in [2.24, 2.45) is 0 Å². The number of aromatic nitrogens is 1. The van der Waals surface area contributed by atoms with Crippen LogP contribution in [-0.4, -0.2) is 31.2 Å². The lowest BCUT2D eigenvalue weighted by molar-refractivity contribution is 0.586. The van der Waals surface area contributed by atoms with Crippen molar-refractivity contribution in [3.63, 3.8) is 0 Å². The summed E-state index contributed by atoms with van der Waals surface area (Å²) in [6.07, 6.45) is 1.91. The van der Waals surface area contributed by atoms with E-state index in [0.717, 1.165) is 36.5 Å². The lowest BCUT2D eigenvalue weighted by atomic mass is 10.2. The van der Waals surface area contributed by atoms with Gasteiger partial charge in [0.2, 0.25) is 0 Å². The third-order valence-corrected chi connectivity index (χ3v) is 4.71. The molecule has 0 saturated carbocycles. The van der Waals surface area contributed by atoms with E-state index in [2.05, 4.69) is 42.6 Å². The summed E-state index contributed by atoms with van der Waals surface area (Å²) < 4.78 is 2.46. The minimum absolute atomic E-state index is 1.04. The second-order valence-corrected chi connectivity index (χ2v) is 5.59. The first-order valence-corrected chi connectivity index (χ1v) is 7.01. The van der Waals surface area contributed by atoms with Crippen LogP contribution in [0.25, 0.3) is 10.1 Å². The highest BCUT2D eigenvalue weighted by Gasteiger charge is 2.16. The normalized spacial score (nSPS) is 16.9. The molecule has 3 rings (SSSR count). The Bertz CT molecular complexity index is 505. The molecule has 0 radical (unpaired) electrons. The van der Waals surface area contributed by atoms with Gasteiger partial charge in [-0.25, -0.2) is 4.98 Å². The highest BCUT2D eigenvalue weighted by molar-refractivity contribution is 9.10. The Morgan fingerprint density at radius 1 is 1.38 bits per heavy atom. The Hall–Kier alpha value is -0.650. The van der Waals surface area contributed by atoms with E-state index in [0.29, 0.717) is 0 Å². The quantitative estimate of drug-likeness (QED) is 0.876. The van der Waals surface area contributed by atoms with Crippen LogP contribution in [0.4, 0.5) is 5.82 Å². The second kappa shape index (κ2) is 4.31. The maximum absolute atomic E-state index is 4.54.